The van der Waals surface area contributed by atoms with Crippen molar-refractivity contribution in [1.29, 1.82) is 0 Å². The van der Waals surface area contributed by atoms with Gasteiger partial charge < -0.3 is 24.3 Å². The van der Waals surface area contributed by atoms with E-state index in [1.54, 1.807) is 49.4 Å². The number of carbonyl (C=O) groups excluding carboxylic acids is 3. The number of rotatable bonds is 5. The van der Waals surface area contributed by atoms with Gasteiger partial charge in [-0.15, -0.1) is 0 Å². The van der Waals surface area contributed by atoms with Crippen LogP contribution in [0.25, 0.3) is 0 Å². The lowest BCUT2D eigenvalue weighted by molar-refractivity contribution is -0.159. The molecule has 1 N–H and O–H groups in total. The first-order valence-electron chi connectivity index (χ1n) is 8.55. The molecule has 0 fully saturated rings. The van der Waals surface area contributed by atoms with Crippen molar-refractivity contribution in [1.82, 2.24) is 0 Å². The Hall–Kier alpha value is -3.55. The van der Waals surface area contributed by atoms with Gasteiger partial charge >= 0.3 is 11.9 Å². The largest absolute Gasteiger partial charge is 0.482 e. The van der Waals surface area contributed by atoms with Crippen LogP contribution in [-0.2, 0) is 19.1 Å². The number of amides is 1. The van der Waals surface area contributed by atoms with Gasteiger partial charge in [-0.05, 0) is 31.2 Å². The molecule has 0 saturated carbocycles. The molecule has 1 amide bonds. The lowest BCUT2D eigenvalue weighted by atomic mass is 10.2. The number of anilines is 1. The van der Waals surface area contributed by atoms with Crippen molar-refractivity contribution in [3.05, 3.63) is 54.1 Å². The molecule has 1 heterocycles. The van der Waals surface area contributed by atoms with Crippen molar-refractivity contribution in [2.75, 3.05) is 19.0 Å². The van der Waals surface area contributed by atoms with E-state index in [1.165, 1.54) is 13.2 Å². The number of ether oxygens (including phenoxy) is 4. The number of carbonyl (C=O) groups is 3. The van der Waals surface area contributed by atoms with E-state index in [2.05, 4.69) is 10.1 Å². The number of nitrogens with one attached hydrogen (secondary N) is 1. The highest BCUT2D eigenvalue weighted by Gasteiger charge is 2.35. The number of methoxy groups -OCH3 is 1. The molecule has 0 saturated heterocycles. The lowest BCUT2D eigenvalue weighted by Gasteiger charge is -2.30. The van der Waals surface area contributed by atoms with Gasteiger partial charge in [0.2, 0.25) is 6.10 Å². The van der Waals surface area contributed by atoms with E-state index < -0.39 is 36.7 Å². The maximum atomic E-state index is 12.3. The van der Waals surface area contributed by atoms with Gasteiger partial charge in [0.25, 0.3) is 5.91 Å². The lowest BCUT2D eigenvalue weighted by Crippen LogP contribution is -2.45. The Kier molecular flexibility index (Phi) is 5.78. The van der Waals surface area contributed by atoms with Gasteiger partial charge in [-0.1, -0.05) is 24.3 Å². The second-order valence-electron chi connectivity index (χ2n) is 6.00. The average molecular weight is 385 g/mol. The van der Waals surface area contributed by atoms with E-state index in [9.17, 15) is 14.4 Å². The van der Waals surface area contributed by atoms with E-state index in [4.69, 9.17) is 14.2 Å². The molecule has 2 atom stereocenters. The Labute approximate surface area is 161 Å². The topological polar surface area (TPSA) is 100 Å². The summed E-state index contributed by atoms with van der Waals surface area (Å²) < 4.78 is 21.0. The van der Waals surface area contributed by atoms with E-state index in [0.717, 1.165) is 0 Å². The summed E-state index contributed by atoms with van der Waals surface area (Å²) in [5.41, 5.74) is 0.453. The summed E-state index contributed by atoms with van der Waals surface area (Å²) in [6, 6.07) is 13.3. The SMILES string of the molecule is COC(=O)c1ccccc1NC(=O)COC(=O)C1Oc2ccccc2OC1C. The van der Waals surface area contributed by atoms with Gasteiger partial charge in [0.05, 0.1) is 18.4 Å². The molecule has 3 rings (SSSR count). The molecule has 2 aromatic carbocycles. The smallest absolute Gasteiger partial charge is 0.351 e. The van der Waals surface area contributed by atoms with Crippen LogP contribution in [0.5, 0.6) is 11.5 Å². The Morgan fingerprint density at radius 1 is 1.00 bits per heavy atom. The van der Waals surface area contributed by atoms with E-state index in [-0.39, 0.29) is 11.3 Å². The quantitative estimate of drug-likeness (QED) is 0.788. The zero-order chi connectivity index (χ0) is 20.1. The first kappa shape index (κ1) is 19.2. The molecule has 1 aliphatic rings. The van der Waals surface area contributed by atoms with E-state index in [1.807, 2.05) is 0 Å². The molecule has 8 nitrogen and oxygen atoms in total. The summed E-state index contributed by atoms with van der Waals surface area (Å²) in [6.45, 7) is 1.14. The number of fused-ring (bicyclic) bond motifs is 1. The summed E-state index contributed by atoms with van der Waals surface area (Å²) in [6.07, 6.45) is -1.57. The van der Waals surface area contributed by atoms with Crippen LogP contribution in [-0.4, -0.2) is 43.8 Å². The predicted octanol–water partition coefficient (Wildman–Crippen LogP) is 2.18. The molecule has 1 aliphatic heterocycles. The molecule has 0 spiro atoms. The second kappa shape index (κ2) is 8.43. The van der Waals surface area contributed by atoms with Crippen LogP contribution in [0.3, 0.4) is 0 Å². The Morgan fingerprint density at radius 2 is 1.64 bits per heavy atom. The molecule has 0 radical (unpaired) electrons. The maximum absolute atomic E-state index is 12.3. The monoisotopic (exact) mass is 385 g/mol. The zero-order valence-corrected chi connectivity index (χ0v) is 15.3. The Morgan fingerprint density at radius 3 is 2.36 bits per heavy atom. The zero-order valence-electron chi connectivity index (χ0n) is 15.3. The summed E-state index contributed by atoms with van der Waals surface area (Å²) in [7, 11) is 1.24. The van der Waals surface area contributed by atoms with Crippen molar-refractivity contribution in [3.63, 3.8) is 0 Å². The van der Waals surface area contributed by atoms with Crippen LogP contribution in [0.1, 0.15) is 17.3 Å². The third-order valence-electron chi connectivity index (χ3n) is 4.03. The van der Waals surface area contributed by atoms with Crippen LogP contribution >= 0.6 is 0 Å². The summed E-state index contributed by atoms with van der Waals surface area (Å²) >= 11 is 0. The number of hydrogen-bond acceptors (Lipinski definition) is 7. The standard InChI is InChI=1S/C20H19NO7/c1-12-18(28-16-10-6-5-9-15(16)27-12)20(24)26-11-17(22)21-14-8-4-3-7-13(14)19(23)25-2/h3-10,12,18H,11H2,1-2H3,(H,21,22). The van der Waals surface area contributed by atoms with Crippen LogP contribution in [0, 0.1) is 0 Å². The number of para-hydroxylation sites is 3. The number of hydrogen-bond donors (Lipinski definition) is 1. The molecule has 8 heteroatoms. The Balaban J connectivity index is 1.58. The molecule has 0 aromatic heterocycles. The summed E-state index contributed by atoms with van der Waals surface area (Å²) in [5.74, 6) is -0.948. The van der Waals surface area contributed by atoms with Crippen LogP contribution < -0.4 is 14.8 Å². The predicted molar refractivity (Wildman–Crippen MR) is 98.3 cm³/mol. The van der Waals surface area contributed by atoms with E-state index in [0.29, 0.717) is 11.5 Å². The maximum Gasteiger partial charge on any atom is 0.351 e. The average Bonchev–Trinajstić information content (AvgIpc) is 2.71. The molecule has 2 aromatic rings. The van der Waals surface area contributed by atoms with Crippen molar-refractivity contribution < 1.29 is 33.3 Å². The second-order valence-corrected chi connectivity index (χ2v) is 6.00. The third-order valence-corrected chi connectivity index (χ3v) is 4.03. The third kappa shape index (κ3) is 4.22. The summed E-state index contributed by atoms with van der Waals surface area (Å²) in [4.78, 5) is 36.2. The highest BCUT2D eigenvalue weighted by Crippen LogP contribution is 2.33. The van der Waals surface area contributed by atoms with Crippen molar-refractivity contribution in [2.24, 2.45) is 0 Å². The highest BCUT2D eigenvalue weighted by molar-refractivity contribution is 6.01. The fourth-order valence-corrected chi connectivity index (χ4v) is 2.66. The minimum absolute atomic E-state index is 0.193. The van der Waals surface area contributed by atoms with Crippen LogP contribution in [0.4, 0.5) is 5.69 Å². The van der Waals surface area contributed by atoms with Gasteiger partial charge in [0, 0.05) is 0 Å². The minimum atomic E-state index is -0.995. The summed E-state index contributed by atoms with van der Waals surface area (Å²) in [5, 5.41) is 2.52. The van der Waals surface area contributed by atoms with Gasteiger partial charge in [-0.2, -0.15) is 0 Å². The fourth-order valence-electron chi connectivity index (χ4n) is 2.66. The first-order chi connectivity index (χ1) is 13.5. The van der Waals surface area contributed by atoms with Crippen LogP contribution in [0.2, 0.25) is 0 Å². The van der Waals surface area contributed by atoms with Gasteiger partial charge in [-0.25, -0.2) is 9.59 Å². The van der Waals surface area contributed by atoms with Crippen molar-refractivity contribution >= 4 is 23.5 Å². The van der Waals surface area contributed by atoms with Gasteiger partial charge in [0.1, 0.15) is 6.10 Å². The Bertz CT molecular complexity index is 896. The molecule has 0 aliphatic carbocycles. The molecular weight excluding hydrogens is 366 g/mol. The van der Waals surface area contributed by atoms with Gasteiger partial charge in [0.15, 0.2) is 18.1 Å². The fraction of sp³-hybridized carbons (Fsp3) is 0.250. The van der Waals surface area contributed by atoms with Crippen LogP contribution in [0.15, 0.2) is 48.5 Å². The minimum Gasteiger partial charge on any atom is -0.482 e. The van der Waals surface area contributed by atoms with Crippen molar-refractivity contribution in [2.45, 2.75) is 19.1 Å². The highest BCUT2D eigenvalue weighted by atomic mass is 16.6. The van der Waals surface area contributed by atoms with Gasteiger partial charge in [-0.3, -0.25) is 4.79 Å². The normalized spacial score (nSPS) is 17.4. The number of esters is 2. The molecule has 28 heavy (non-hydrogen) atoms. The molecule has 0 bridgehead atoms. The molecule has 2 unspecified atom stereocenters. The molecular formula is C20H19NO7. The number of benzene rings is 2. The van der Waals surface area contributed by atoms with E-state index >= 15 is 0 Å². The first-order valence-corrected chi connectivity index (χ1v) is 8.55. The molecule has 146 valence electrons. The van der Waals surface area contributed by atoms with Crippen molar-refractivity contribution in [3.8, 4) is 11.5 Å².